The van der Waals surface area contributed by atoms with Crippen molar-refractivity contribution in [3.63, 3.8) is 0 Å². The van der Waals surface area contributed by atoms with E-state index in [9.17, 15) is 4.79 Å². The molecule has 1 amide bonds. The summed E-state index contributed by atoms with van der Waals surface area (Å²) in [7, 11) is 3.29. The van der Waals surface area contributed by atoms with Gasteiger partial charge in [-0.15, -0.1) is 0 Å². The SMILES string of the molecule is COCC(N)CN(C)C(=O)c1ccc2c(c1)OCO2. The molecule has 104 valence electrons. The molecule has 0 radical (unpaired) electrons. The fourth-order valence-electron chi connectivity index (χ4n) is 1.95. The monoisotopic (exact) mass is 266 g/mol. The molecule has 19 heavy (non-hydrogen) atoms. The van der Waals surface area contributed by atoms with Crippen LogP contribution in [0.25, 0.3) is 0 Å². The smallest absolute Gasteiger partial charge is 0.253 e. The lowest BCUT2D eigenvalue weighted by molar-refractivity contribution is 0.0764. The minimum absolute atomic E-state index is 0.107. The molecule has 0 spiro atoms. The van der Waals surface area contributed by atoms with E-state index in [1.807, 2.05) is 0 Å². The summed E-state index contributed by atoms with van der Waals surface area (Å²) in [6.45, 7) is 1.04. The molecule has 1 atom stereocenters. The Balaban J connectivity index is 2.02. The Hall–Kier alpha value is -1.79. The van der Waals surface area contributed by atoms with Gasteiger partial charge in [-0.05, 0) is 18.2 Å². The molecule has 0 saturated carbocycles. The van der Waals surface area contributed by atoms with Crippen LogP contribution < -0.4 is 15.2 Å². The van der Waals surface area contributed by atoms with Crippen LogP contribution in [0.5, 0.6) is 11.5 Å². The number of amides is 1. The predicted octanol–water partition coefficient (Wildman–Crippen LogP) is 0.461. The van der Waals surface area contributed by atoms with E-state index in [0.717, 1.165) is 0 Å². The number of benzene rings is 1. The van der Waals surface area contributed by atoms with Crippen molar-refractivity contribution in [1.82, 2.24) is 4.90 Å². The molecule has 0 aromatic heterocycles. The van der Waals surface area contributed by atoms with E-state index >= 15 is 0 Å². The molecule has 0 saturated heterocycles. The molecule has 2 N–H and O–H groups in total. The molecule has 1 unspecified atom stereocenters. The molecule has 1 aliphatic rings. The van der Waals surface area contributed by atoms with Crippen LogP contribution in [0, 0.1) is 0 Å². The Morgan fingerprint density at radius 3 is 2.95 bits per heavy atom. The zero-order valence-electron chi connectivity index (χ0n) is 11.1. The van der Waals surface area contributed by atoms with Crippen molar-refractivity contribution in [2.45, 2.75) is 6.04 Å². The van der Waals surface area contributed by atoms with E-state index in [1.165, 1.54) is 0 Å². The van der Waals surface area contributed by atoms with E-state index in [0.29, 0.717) is 30.2 Å². The van der Waals surface area contributed by atoms with Crippen LogP contribution in [0.1, 0.15) is 10.4 Å². The molecule has 1 aromatic rings. The van der Waals surface area contributed by atoms with Crippen LogP contribution in [0.4, 0.5) is 0 Å². The Kier molecular flexibility index (Phi) is 4.24. The predicted molar refractivity (Wildman–Crippen MR) is 69.4 cm³/mol. The van der Waals surface area contributed by atoms with E-state index in [1.54, 1.807) is 37.3 Å². The van der Waals surface area contributed by atoms with Gasteiger partial charge >= 0.3 is 0 Å². The van der Waals surface area contributed by atoms with Gasteiger partial charge in [-0.2, -0.15) is 0 Å². The molecule has 6 heteroatoms. The summed E-state index contributed by atoms with van der Waals surface area (Å²) in [5.41, 5.74) is 6.38. The number of rotatable bonds is 5. The number of methoxy groups -OCH3 is 1. The topological polar surface area (TPSA) is 74.0 Å². The fourth-order valence-corrected chi connectivity index (χ4v) is 1.95. The Bertz CT molecular complexity index is 464. The van der Waals surface area contributed by atoms with Crippen molar-refractivity contribution in [3.05, 3.63) is 23.8 Å². The second-order valence-corrected chi connectivity index (χ2v) is 4.47. The first-order chi connectivity index (χ1) is 9.11. The van der Waals surface area contributed by atoms with Crippen molar-refractivity contribution in [3.8, 4) is 11.5 Å². The van der Waals surface area contributed by atoms with Crippen molar-refractivity contribution in [2.75, 3.05) is 34.1 Å². The second-order valence-electron chi connectivity index (χ2n) is 4.47. The first-order valence-corrected chi connectivity index (χ1v) is 6.01. The first-order valence-electron chi connectivity index (χ1n) is 6.01. The molecule has 2 rings (SSSR count). The minimum atomic E-state index is -0.201. The van der Waals surface area contributed by atoms with E-state index in [-0.39, 0.29) is 18.7 Å². The van der Waals surface area contributed by atoms with Crippen LogP contribution in [0.3, 0.4) is 0 Å². The highest BCUT2D eigenvalue weighted by Gasteiger charge is 2.19. The molecule has 0 aliphatic carbocycles. The number of carbonyl (C=O) groups is 1. The average Bonchev–Trinajstić information content (AvgIpc) is 2.85. The number of carbonyl (C=O) groups excluding carboxylic acids is 1. The van der Waals surface area contributed by atoms with E-state index in [2.05, 4.69) is 0 Å². The minimum Gasteiger partial charge on any atom is -0.454 e. The highest BCUT2D eigenvalue weighted by Crippen LogP contribution is 2.32. The van der Waals surface area contributed by atoms with Crippen LogP contribution in [-0.2, 0) is 4.74 Å². The number of nitrogens with two attached hydrogens (primary N) is 1. The van der Waals surface area contributed by atoms with Gasteiger partial charge in [-0.1, -0.05) is 0 Å². The third-order valence-electron chi connectivity index (χ3n) is 2.86. The lowest BCUT2D eigenvalue weighted by Gasteiger charge is -2.21. The molecular weight excluding hydrogens is 248 g/mol. The van der Waals surface area contributed by atoms with Gasteiger partial charge in [0.1, 0.15) is 0 Å². The van der Waals surface area contributed by atoms with Crippen LogP contribution in [0.15, 0.2) is 18.2 Å². The number of likely N-dealkylation sites (N-methyl/N-ethyl adjacent to an activating group) is 1. The van der Waals surface area contributed by atoms with Crippen LogP contribution >= 0.6 is 0 Å². The van der Waals surface area contributed by atoms with Gasteiger partial charge in [-0.3, -0.25) is 4.79 Å². The molecule has 1 aliphatic heterocycles. The number of nitrogens with zero attached hydrogens (tertiary/aromatic N) is 1. The van der Waals surface area contributed by atoms with Gasteiger partial charge in [0.05, 0.1) is 6.61 Å². The maximum Gasteiger partial charge on any atom is 0.253 e. The highest BCUT2D eigenvalue weighted by molar-refractivity contribution is 5.94. The normalized spacial score (nSPS) is 14.3. The third-order valence-corrected chi connectivity index (χ3v) is 2.86. The van der Waals surface area contributed by atoms with Crippen molar-refractivity contribution in [2.24, 2.45) is 5.73 Å². The summed E-state index contributed by atoms with van der Waals surface area (Å²) in [6, 6.07) is 4.93. The standard InChI is InChI=1S/C13H18N2O4/c1-15(6-10(14)7-17-2)13(16)9-3-4-11-12(5-9)19-8-18-11/h3-5,10H,6-8,14H2,1-2H3. The van der Waals surface area contributed by atoms with E-state index in [4.69, 9.17) is 19.9 Å². The number of hydrogen-bond acceptors (Lipinski definition) is 5. The molecular formula is C13H18N2O4. The molecule has 1 aromatic carbocycles. The summed E-state index contributed by atoms with van der Waals surface area (Å²) in [5, 5.41) is 0. The van der Waals surface area contributed by atoms with Gasteiger partial charge in [0, 0.05) is 32.3 Å². The Morgan fingerprint density at radius 1 is 1.47 bits per heavy atom. The van der Waals surface area contributed by atoms with Gasteiger partial charge in [0.2, 0.25) is 6.79 Å². The molecule has 0 bridgehead atoms. The van der Waals surface area contributed by atoms with Crippen LogP contribution in [0.2, 0.25) is 0 Å². The average molecular weight is 266 g/mol. The lowest BCUT2D eigenvalue weighted by Crippen LogP contribution is -2.41. The zero-order chi connectivity index (χ0) is 13.8. The number of fused-ring (bicyclic) bond motifs is 1. The number of ether oxygens (including phenoxy) is 3. The lowest BCUT2D eigenvalue weighted by atomic mass is 10.1. The van der Waals surface area contributed by atoms with Gasteiger partial charge in [-0.25, -0.2) is 0 Å². The maximum atomic E-state index is 12.2. The van der Waals surface area contributed by atoms with Crippen LogP contribution in [-0.4, -0.2) is 51.0 Å². The molecule has 1 heterocycles. The molecule has 0 fully saturated rings. The van der Waals surface area contributed by atoms with Crippen molar-refractivity contribution < 1.29 is 19.0 Å². The largest absolute Gasteiger partial charge is 0.454 e. The summed E-state index contributed by atoms with van der Waals surface area (Å²) >= 11 is 0. The zero-order valence-corrected chi connectivity index (χ0v) is 11.1. The summed E-state index contributed by atoms with van der Waals surface area (Å²) in [5.74, 6) is 1.15. The quantitative estimate of drug-likeness (QED) is 0.838. The first kappa shape index (κ1) is 13.6. The highest BCUT2D eigenvalue weighted by atomic mass is 16.7. The summed E-state index contributed by atoms with van der Waals surface area (Å²) in [6.07, 6.45) is 0. The van der Waals surface area contributed by atoms with Crippen molar-refractivity contribution >= 4 is 5.91 Å². The number of hydrogen-bond donors (Lipinski definition) is 1. The Morgan fingerprint density at radius 2 is 2.21 bits per heavy atom. The third kappa shape index (κ3) is 3.15. The second kappa shape index (κ2) is 5.90. The van der Waals surface area contributed by atoms with Gasteiger partial charge in [0.15, 0.2) is 11.5 Å². The van der Waals surface area contributed by atoms with E-state index < -0.39 is 0 Å². The molecule has 6 nitrogen and oxygen atoms in total. The van der Waals surface area contributed by atoms with Gasteiger partial charge < -0.3 is 24.8 Å². The van der Waals surface area contributed by atoms with Crippen molar-refractivity contribution in [1.29, 1.82) is 0 Å². The Labute approximate surface area is 112 Å². The van der Waals surface area contributed by atoms with Gasteiger partial charge in [0.25, 0.3) is 5.91 Å². The summed E-state index contributed by atoms with van der Waals surface area (Å²) < 4.78 is 15.4. The summed E-state index contributed by atoms with van der Waals surface area (Å²) in [4.78, 5) is 13.8. The fraction of sp³-hybridized carbons (Fsp3) is 0.462. The maximum absolute atomic E-state index is 12.2.